The van der Waals surface area contributed by atoms with Crippen LogP contribution >= 0.6 is 0 Å². The Labute approximate surface area is 341 Å². The number of rotatable bonds is 8. The average Bonchev–Trinajstić information content (AvgIpc) is 2.84. The van der Waals surface area contributed by atoms with Crippen LogP contribution in [-0.2, 0) is 0 Å². The number of hydrogen-bond acceptors (Lipinski definition) is 3. The molecule has 1 aliphatic rings. The van der Waals surface area contributed by atoms with Gasteiger partial charge in [-0.1, -0.05) is 96.9 Å². The molecule has 0 aromatic heterocycles. The van der Waals surface area contributed by atoms with Crippen molar-refractivity contribution in [3.05, 3.63) is 92.6 Å². The zero-order chi connectivity index (χ0) is 28.3. The van der Waals surface area contributed by atoms with E-state index >= 15 is 0 Å². The second-order valence-electron chi connectivity index (χ2n) is 12.4. The van der Waals surface area contributed by atoms with Crippen LogP contribution in [0.15, 0.2) is 59.2 Å². The van der Waals surface area contributed by atoms with Crippen molar-refractivity contribution in [1.29, 1.82) is 0 Å². The van der Waals surface area contributed by atoms with Crippen molar-refractivity contribution in [2.75, 3.05) is 10.6 Å². The second kappa shape index (κ2) is 20.0. The number of aryl methyl sites for hydroxylation is 2. The van der Waals surface area contributed by atoms with Gasteiger partial charge in [-0.05, 0) is 79.7 Å². The Morgan fingerprint density at radius 2 is 0.952 bits per heavy atom. The summed E-state index contributed by atoms with van der Waals surface area (Å²) in [6.45, 7) is 27.0. The van der Waals surface area contributed by atoms with E-state index in [1.54, 1.807) is 0 Å². The van der Waals surface area contributed by atoms with Crippen molar-refractivity contribution in [2.45, 2.75) is 113 Å². The maximum absolute atomic E-state index is 3.84. The third kappa shape index (κ3) is 11.4. The van der Waals surface area contributed by atoms with Gasteiger partial charge < -0.3 is 87.9 Å². The van der Waals surface area contributed by atoms with Crippen LogP contribution in [0.25, 0.3) is 0 Å². The molecule has 0 unspecified atom stereocenters. The van der Waals surface area contributed by atoms with Gasteiger partial charge in [-0.2, -0.15) is 0 Å². The first kappa shape index (κ1) is 44.7. The van der Waals surface area contributed by atoms with Crippen molar-refractivity contribution in [3.63, 3.8) is 0 Å². The normalized spacial score (nSPS) is 14.9. The Kier molecular flexibility index (Phi) is 21.3. The van der Waals surface area contributed by atoms with Gasteiger partial charge in [-0.25, -0.2) is 0 Å². The maximum Gasteiger partial charge on any atom is 3.00 e. The molecule has 0 spiro atoms. The Balaban J connectivity index is 0. The Morgan fingerprint density at radius 3 is 1.29 bits per heavy atom. The fourth-order valence-electron chi connectivity index (χ4n) is 5.33. The van der Waals surface area contributed by atoms with E-state index in [2.05, 4.69) is 135 Å². The molecule has 42 heavy (non-hydrogen) atoms. The van der Waals surface area contributed by atoms with Gasteiger partial charge in [0.25, 0.3) is 0 Å². The molecule has 2 aromatic rings. The summed E-state index contributed by atoms with van der Waals surface area (Å²) in [4.78, 5) is 0. The summed E-state index contributed by atoms with van der Waals surface area (Å²) in [6, 6.07) is 9.34. The standard InChI is InChI=1S/C35H51N3.3HI.Nd/c1-20(2)28-16-24(9)17-29(21(3)4)34(28)36-26(11)32-14-13-15-33(38-32)27(12)37-35-30(22(5)6)18-25(10)19-31(35)23(7)8;;;;/h13-14,16-23,36-38H,15H2,1-12H3;3*1H;/q;;;;+3/p-3/b32-26+,33-27-;;;;. The molecule has 0 saturated heterocycles. The van der Waals surface area contributed by atoms with Crippen molar-refractivity contribution in [1.82, 2.24) is 5.32 Å². The predicted octanol–water partition coefficient (Wildman–Crippen LogP) is 1.35. The molecule has 231 valence electrons. The molecule has 3 N–H and O–H groups in total. The molecule has 0 fully saturated rings. The summed E-state index contributed by atoms with van der Waals surface area (Å²) in [7, 11) is 0. The first-order chi connectivity index (χ1) is 17.8. The predicted molar refractivity (Wildman–Crippen MR) is 168 cm³/mol. The molecule has 1 heterocycles. The van der Waals surface area contributed by atoms with Crippen LogP contribution in [0.2, 0.25) is 0 Å². The minimum Gasteiger partial charge on any atom is -1.00 e. The Bertz CT molecular complexity index is 1220. The summed E-state index contributed by atoms with van der Waals surface area (Å²) in [5, 5.41) is 11.4. The molecular formula is C35H51I3N3Nd. The number of halogens is 3. The summed E-state index contributed by atoms with van der Waals surface area (Å²) in [6.07, 6.45) is 5.36. The number of hydrogen-bond donors (Lipinski definition) is 3. The molecule has 0 bridgehead atoms. The Morgan fingerprint density at radius 1 is 0.619 bits per heavy atom. The van der Waals surface area contributed by atoms with Gasteiger partial charge >= 0.3 is 40.8 Å². The molecular weight excluding hydrogens is 987 g/mol. The van der Waals surface area contributed by atoms with Crippen LogP contribution in [0, 0.1) is 54.7 Å². The summed E-state index contributed by atoms with van der Waals surface area (Å²) in [5.41, 5.74) is 15.4. The van der Waals surface area contributed by atoms with Crippen LogP contribution < -0.4 is 87.9 Å². The summed E-state index contributed by atoms with van der Waals surface area (Å²) >= 11 is 0. The van der Waals surface area contributed by atoms with E-state index in [1.165, 1.54) is 56.1 Å². The van der Waals surface area contributed by atoms with E-state index in [0.29, 0.717) is 23.7 Å². The van der Waals surface area contributed by atoms with Crippen LogP contribution in [0.1, 0.15) is 133 Å². The number of allylic oxidation sites excluding steroid dienone is 4. The van der Waals surface area contributed by atoms with E-state index in [9.17, 15) is 0 Å². The first-order valence-corrected chi connectivity index (χ1v) is 14.5. The number of benzene rings is 2. The van der Waals surface area contributed by atoms with Crippen molar-refractivity contribution in [2.24, 2.45) is 0 Å². The van der Waals surface area contributed by atoms with Crippen LogP contribution in [0.4, 0.5) is 11.4 Å². The average molecular weight is 1040 g/mol. The molecule has 7 heteroatoms. The Hall–Kier alpha value is 0.601. The molecule has 0 saturated carbocycles. The minimum absolute atomic E-state index is 0. The van der Waals surface area contributed by atoms with Crippen molar-refractivity contribution >= 4 is 11.4 Å². The largest absolute Gasteiger partial charge is 3.00 e. The SMILES string of the molecule is C/C(Nc1c(C(C)C)cc(C)cc1C(C)C)=C1\CC=C/C(=C(/C)Nc2c(C(C)C)cc(C)cc2C(C)C)N1.[I-].[I-].[I-].[Nd+3]. The van der Waals surface area contributed by atoms with Gasteiger partial charge in [0, 0.05) is 34.9 Å². The third-order valence-electron chi connectivity index (χ3n) is 7.55. The second-order valence-corrected chi connectivity index (χ2v) is 12.4. The van der Waals surface area contributed by atoms with E-state index in [0.717, 1.165) is 17.8 Å². The van der Waals surface area contributed by atoms with Crippen molar-refractivity contribution in [3.8, 4) is 0 Å². The van der Waals surface area contributed by atoms with Gasteiger partial charge in [0.2, 0.25) is 0 Å². The first-order valence-electron chi connectivity index (χ1n) is 14.5. The van der Waals surface area contributed by atoms with Gasteiger partial charge in [0.05, 0.1) is 5.70 Å². The molecule has 1 aliphatic heterocycles. The monoisotopic (exact) mass is 1040 g/mol. The van der Waals surface area contributed by atoms with Gasteiger partial charge in [0.1, 0.15) is 0 Å². The van der Waals surface area contributed by atoms with Crippen LogP contribution in [-0.4, -0.2) is 0 Å². The third-order valence-corrected chi connectivity index (χ3v) is 7.55. The fourth-order valence-corrected chi connectivity index (χ4v) is 5.33. The van der Waals surface area contributed by atoms with Crippen LogP contribution in [0.5, 0.6) is 0 Å². The molecule has 3 rings (SSSR count). The maximum atomic E-state index is 3.84. The van der Waals surface area contributed by atoms with E-state index in [4.69, 9.17) is 0 Å². The topological polar surface area (TPSA) is 36.1 Å². The number of anilines is 2. The summed E-state index contributed by atoms with van der Waals surface area (Å²) < 4.78 is 0. The summed E-state index contributed by atoms with van der Waals surface area (Å²) in [5.74, 6) is 1.80. The van der Waals surface area contributed by atoms with Crippen LogP contribution in [0.3, 0.4) is 0 Å². The zero-order valence-electron chi connectivity index (χ0n) is 27.6. The molecule has 0 amide bonds. The number of nitrogens with one attached hydrogen (secondary N) is 3. The zero-order valence-corrected chi connectivity index (χ0v) is 37.3. The van der Waals surface area contributed by atoms with Gasteiger partial charge in [-0.3, -0.25) is 0 Å². The molecule has 0 atom stereocenters. The van der Waals surface area contributed by atoms with Gasteiger partial charge in [0.15, 0.2) is 0 Å². The van der Waals surface area contributed by atoms with E-state index in [-0.39, 0.29) is 113 Å². The minimum atomic E-state index is 0. The van der Waals surface area contributed by atoms with Gasteiger partial charge in [-0.15, -0.1) is 0 Å². The quantitative estimate of drug-likeness (QED) is 0.351. The molecule has 1 radical (unpaired) electrons. The van der Waals surface area contributed by atoms with Crippen molar-refractivity contribution < 1.29 is 113 Å². The smallest absolute Gasteiger partial charge is 1.00 e. The fraction of sp³-hybridized carbons (Fsp3) is 0.486. The van der Waals surface area contributed by atoms with E-state index in [1.807, 2.05) is 0 Å². The van der Waals surface area contributed by atoms with E-state index < -0.39 is 0 Å². The molecule has 3 nitrogen and oxygen atoms in total. The molecule has 0 aliphatic carbocycles. The molecule has 2 aromatic carbocycles.